The number of benzene rings is 1. The molecule has 0 radical (unpaired) electrons. The Balaban J connectivity index is 2.67. The smallest absolute Gasteiger partial charge is 0.00509 e. The fourth-order valence-corrected chi connectivity index (χ4v) is 1.57. The quantitative estimate of drug-likeness (QED) is 0.751. The molecule has 0 heterocycles. The second-order valence-electron chi connectivity index (χ2n) is 3.75. The van der Waals surface area contributed by atoms with Gasteiger partial charge in [0.1, 0.15) is 0 Å². The molecule has 0 amide bonds. The van der Waals surface area contributed by atoms with Crippen LogP contribution in [0.5, 0.6) is 0 Å². The minimum absolute atomic E-state index is 0.261. The van der Waals surface area contributed by atoms with E-state index < -0.39 is 0 Å². The second-order valence-corrected chi connectivity index (χ2v) is 3.75. The molecule has 0 aliphatic heterocycles. The highest BCUT2D eigenvalue weighted by molar-refractivity contribution is 5.24. The Morgan fingerprint density at radius 1 is 1.31 bits per heavy atom. The summed E-state index contributed by atoms with van der Waals surface area (Å²) in [4.78, 5) is 0. The van der Waals surface area contributed by atoms with E-state index in [0.29, 0.717) is 0 Å². The van der Waals surface area contributed by atoms with Crippen molar-refractivity contribution < 1.29 is 0 Å². The van der Waals surface area contributed by atoms with Crippen LogP contribution in [0, 0.1) is 0 Å². The molecule has 0 spiro atoms. The number of hydrogen-bond donors (Lipinski definition) is 1. The van der Waals surface area contributed by atoms with Crippen LogP contribution in [0.1, 0.15) is 31.4 Å². The van der Waals surface area contributed by atoms with Gasteiger partial charge in [-0.05, 0) is 30.9 Å². The molecule has 1 aromatic carbocycles. The highest BCUT2D eigenvalue weighted by Crippen LogP contribution is 2.08. The molecule has 0 aromatic heterocycles. The number of hydrogen-bond acceptors (Lipinski definition) is 1. The van der Waals surface area contributed by atoms with Gasteiger partial charge in [-0.3, -0.25) is 0 Å². The SMILES string of the molecule is CCCc1cccc(C[C@@H](C)N)c1. The zero-order valence-corrected chi connectivity index (χ0v) is 8.59. The molecule has 1 heteroatoms. The van der Waals surface area contributed by atoms with Crippen molar-refractivity contribution >= 4 is 0 Å². The Labute approximate surface area is 81.0 Å². The van der Waals surface area contributed by atoms with Crippen molar-refractivity contribution in [2.45, 2.75) is 39.2 Å². The molecule has 0 fully saturated rings. The molecule has 0 bridgehead atoms. The summed E-state index contributed by atoms with van der Waals surface area (Å²) in [6, 6.07) is 9.00. The van der Waals surface area contributed by atoms with E-state index in [0.717, 1.165) is 6.42 Å². The average Bonchev–Trinajstić information content (AvgIpc) is 2.04. The lowest BCUT2D eigenvalue weighted by Crippen LogP contribution is -2.17. The van der Waals surface area contributed by atoms with Gasteiger partial charge in [-0.1, -0.05) is 37.6 Å². The second kappa shape index (κ2) is 5.03. The predicted octanol–water partition coefficient (Wildman–Crippen LogP) is 2.53. The van der Waals surface area contributed by atoms with Crippen molar-refractivity contribution in [2.75, 3.05) is 0 Å². The predicted molar refractivity (Wildman–Crippen MR) is 57.8 cm³/mol. The van der Waals surface area contributed by atoms with Crippen molar-refractivity contribution in [1.82, 2.24) is 0 Å². The van der Waals surface area contributed by atoms with E-state index in [-0.39, 0.29) is 6.04 Å². The molecular formula is C12H19N. The first-order chi connectivity index (χ1) is 6.22. The molecular weight excluding hydrogens is 158 g/mol. The van der Waals surface area contributed by atoms with Crippen LogP contribution in [-0.2, 0) is 12.8 Å². The summed E-state index contributed by atoms with van der Waals surface area (Å²) >= 11 is 0. The highest BCUT2D eigenvalue weighted by Gasteiger charge is 1.98. The lowest BCUT2D eigenvalue weighted by Gasteiger charge is -2.06. The van der Waals surface area contributed by atoms with Crippen molar-refractivity contribution in [2.24, 2.45) is 5.73 Å². The Bertz CT molecular complexity index is 253. The van der Waals surface area contributed by atoms with Crippen LogP contribution in [0.2, 0.25) is 0 Å². The van der Waals surface area contributed by atoms with Crippen LogP contribution in [0.25, 0.3) is 0 Å². The molecule has 1 aromatic rings. The molecule has 0 saturated heterocycles. The molecule has 0 unspecified atom stereocenters. The molecule has 0 aliphatic carbocycles. The fourth-order valence-electron chi connectivity index (χ4n) is 1.57. The Hall–Kier alpha value is -0.820. The van der Waals surface area contributed by atoms with Gasteiger partial charge in [0.05, 0.1) is 0 Å². The van der Waals surface area contributed by atoms with Crippen LogP contribution < -0.4 is 5.73 Å². The van der Waals surface area contributed by atoms with Crippen molar-refractivity contribution in [3.05, 3.63) is 35.4 Å². The molecule has 1 nitrogen and oxygen atoms in total. The monoisotopic (exact) mass is 177 g/mol. The van der Waals surface area contributed by atoms with Crippen LogP contribution in [0.3, 0.4) is 0 Å². The number of nitrogens with two attached hydrogens (primary N) is 1. The van der Waals surface area contributed by atoms with E-state index in [4.69, 9.17) is 5.73 Å². The molecule has 1 atom stereocenters. The molecule has 1 rings (SSSR count). The average molecular weight is 177 g/mol. The van der Waals surface area contributed by atoms with Gasteiger partial charge in [-0.25, -0.2) is 0 Å². The molecule has 72 valence electrons. The van der Waals surface area contributed by atoms with Crippen molar-refractivity contribution in [1.29, 1.82) is 0 Å². The first kappa shape index (κ1) is 10.3. The summed E-state index contributed by atoms with van der Waals surface area (Å²) in [7, 11) is 0. The molecule has 2 N–H and O–H groups in total. The third-order valence-electron chi connectivity index (χ3n) is 2.09. The van der Waals surface area contributed by atoms with Crippen LogP contribution >= 0.6 is 0 Å². The summed E-state index contributed by atoms with van der Waals surface area (Å²) in [5, 5.41) is 0. The summed E-state index contributed by atoms with van der Waals surface area (Å²) in [5.41, 5.74) is 8.54. The maximum atomic E-state index is 5.75. The van der Waals surface area contributed by atoms with Crippen LogP contribution in [0.15, 0.2) is 24.3 Å². The zero-order valence-electron chi connectivity index (χ0n) is 8.59. The van der Waals surface area contributed by atoms with E-state index in [9.17, 15) is 0 Å². The topological polar surface area (TPSA) is 26.0 Å². The van der Waals surface area contributed by atoms with E-state index in [1.807, 2.05) is 6.92 Å². The van der Waals surface area contributed by atoms with Gasteiger partial charge in [0.15, 0.2) is 0 Å². The number of rotatable bonds is 4. The standard InChI is InChI=1S/C12H19N/c1-3-5-11-6-4-7-12(9-11)8-10(2)13/h4,6-7,9-10H,3,5,8,13H2,1-2H3/t10-/m1/s1. The highest BCUT2D eigenvalue weighted by atomic mass is 14.6. The largest absolute Gasteiger partial charge is 0.328 e. The summed E-state index contributed by atoms with van der Waals surface area (Å²) in [5.74, 6) is 0. The maximum Gasteiger partial charge on any atom is 0.00509 e. The Morgan fingerprint density at radius 3 is 2.62 bits per heavy atom. The molecule has 13 heavy (non-hydrogen) atoms. The lowest BCUT2D eigenvalue weighted by molar-refractivity contribution is 0.736. The first-order valence-corrected chi connectivity index (χ1v) is 5.05. The van der Waals surface area contributed by atoms with E-state index >= 15 is 0 Å². The zero-order chi connectivity index (χ0) is 9.68. The van der Waals surface area contributed by atoms with Crippen molar-refractivity contribution in [3.63, 3.8) is 0 Å². The third kappa shape index (κ3) is 3.60. The van der Waals surface area contributed by atoms with Gasteiger partial charge >= 0.3 is 0 Å². The molecule has 0 saturated carbocycles. The fraction of sp³-hybridized carbons (Fsp3) is 0.500. The summed E-state index contributed by atoms with van der Waals surface area (Å²) in [6.45, 7) is 4.25. The first-order valence-electron chi connectivity index (χ1n) is 5.05. The van der Waals surface area contributed by atoms with E-state index in [1.165, 1.54) is 24.0 Å². The lowest BCUT2D eigenvalue weighted by atomic mass is 10.0. The Kier molecular flexibility index (Phi) is 3.97. The normalized spacial score (nSPS) is 12.8. The van der Waals surface area contributed by atoms with E-state index in [1.54, 1.807) is 0 Å². The summed E-state index contributed by atoms with van der Waals surface area (Å²) in [6.07, 6.45) is 3.37. The van der Waals surface area contributed by atoms with Gasteiger partial charge in [0.25, 0.3) is 0 Å². The van der Waals surface area contributed by atoms with Gasteiger partial charge in [0, 0.05) is 6.04 Å². The minimum Gasteiger partial charge on any atom is -0.328 e. The van der Waals surface area contributed by atoms with Gasteiger partial charge in [-0.2, -0.15) is 0 Å². The van der Waals surface area contributed by atoms with Crippen LogP contribution in [-0.4, -0.2) is 6.04 Å². The third-order valence-corrected chi connectivity index (χ3v) is 2.09. The van der Waals surface area contributed by atoms with E-state index in [2.05, 4.69) is 31.2 Å². The molecule has 0 aliphatic rings. The van der Waals surface area contributed by atoms with Gasteiger partial charge in [0.2, 0.25) is 0 Å². The van der Waals surface area contributed by atoms with Crippen LogP contribution in [0.4, 0.5) is 0 Å². The number of aryl methyl sites for hydroxylation is 1. The minimum atomic E-state index is 0.261. The Morgan fingerprint density at radius 2 is 2.00 bits per heavy atom. The van der Waals surface area contributed by atoms with Crippen molar-refractivity contribution in [3.8, 4) is 0 Å². The van der Waals surface area contributed by atoms with Gasteiger partial charge in [-0.15, -0.1) is 0 Å². The maximum absolute atomic E-state index is 5.75. The van der Waals surface area contributed by atoms with Gasteiger partial charge < -0.3 is 5.73 Å². The summed E-state index contributed by atoms with van der Waals surface area (Å²) < 4.78 is 0.